The van der Waals surface area contributed by atoms with Crippen molar-refractivity contribution < 1.29 is 22.7 Å². The lowest BCUT2D eigenvalue weighted by molar-refractivity contribution is 0.0377. The Hall–Kier alpha value is -2.54. The van der Waals surface area contributed by atoms with Crippen molar-refractivity contribution in [2.45, 2.75) is 24.8 Å². The second-order valence-corrected chi connectivity index (χ2v) is 6.97. The van der Waals surface area contributed by atoms with Crippen molar-refractivity contribution in [1.82, 2.24) is 0 Å². The quantitative estimate of drug-likeness (QED) is 0.811. The van der Waals surface area contributed by atoms with Gasteiger partial charge in [-0.15, -0.1) is 0 Å². The van der Waals surface area contributed by atoms with Crippen LogP contribution in [-0.2, 0) is 14.8 Å². The zero-order valence-electron chi connectivity index (χ0n) is 13.6. The highest BCUT2D eigenvalue weighted by atomic mass is 32.2. The van der Waals surface area contributed by atoms with Crippen LogP contribution in [-0.4, -0.2) is 27.6 Å². The second-order valence-electron chi connectivity index (χ2n) is 5.29. The standard InChI is InChI=1S/C17H19NO5S/c1-12(2)23-17(19)13-7-6-8-14(11-13)24(20,21)18-15-9-4-5-10-16(15)22-3/h4-12,18H,1-3H3. The maximum absolute atomic E-state index is 12.5. The number of nitrogens with one attached hydrogen (secondary N) is 1. The van der Waals surface area contributed by atoms with E-state index in [2.05, 4.69) is 4.72 Å². The number of anilines is 1. The molecule has 0 fully saturated rings. The lowest BCUT2D eigenvalue weighted by atomic mass is 10.2. The van der Waals surface area contributed by atoms with Crippen LogP contribution < -0.4 is 9.46 Å². The predicted molar refractivity (Wildman–Crippen MR) is 90.8 cm³/mol. The molecule has 2 rings (SSSR count). The number of methoxy groups -OCH3 is 1. The van der Waals surface area contributed by atoms with Gasteiger partial charge in [0, 0.05) is 0 Å². The number of sulfonamides is 1. The fourth-order valence-electron chi connectivity index (χ4n) is 2.00. The Bertz CT molecular complexity index is 830. The van der Waals surface area contributed by atoms with E-state index in [1.54, 1.807) is 38.1 Å². The van der Waals surface area contributed by atoms with Crippen LogP contribution in [0.5, 0.6) is 5.75 Å². The Balaban J connectivity index is 2.31. The normalized spacial score (nSPS) is 11.2. The van der Waals surface area contributed by atoms with E-state index in [0.717, 1.165) is 0 Å². The van der Waals surface area contributed by atoms with Crippen LogP contribution in [0.15, 0.2) is 53.4 Å². The van der Waals surface area contributed by atoms with E-state index in [-0.39, 0.29) is 16.6 Å². The minimum Gasteiger partial charge on any atom is -0.495 e. The van der Waals surface area contributed by atoms with Gasteiger partial charge in [0.05, 0.1) is 29.4 Å². The molecule has 6 nitrogen and oxygen atoms in total. The van der Waals surface area contributed by atoms with Gasteiger partial charge in [-0.25, -0.2) is 13.2 Å². The molecule has 1 N–H and O–H groups in total. The number of hydrogen-bond acceptors (Lipinski definition) is 5. The number of esters is 1. The summed E-state index contributed by atoms with van der Waals surface area (Å²) in [7, 11) is -2.41. The van der Waals surface area contributed by atoms with Gasteiger partial charge in [-0.05, 0) is 44.2 Å². The molecule has 0 atom stereocenters. The lowest BCUT2D eigenvalue weighted by Crippen LogP contribution is -2.16. The molecule has 0 radical (unpaired) electrons. The first-order valence-corrected chi connectivity index (χ1v) is 8.78. The van der Waals surface area contributed by atoms with E-state index in [0.29, 0.717) is 11.4 Å². The molecule has 0 amide bonds. The van der Waals surface area contributed by atoms with Gasteiger partial charge in [0.15, 0.2) is 0 Å². The Labute approximate surface area is 141 Å². The van der Waals surface area contributed by atoms with Crippen molar-refractivity contribution in [2.24, 2.45) is 0 Å². The van der Waals surface area contributed by atoms with Crippen LogP contribution in [0.3, 0.4) is 0 Å². The van der Waals surface area contributed by atoms with Crippen molar-refractivity contribution in [2.75, 3.05) is 11.8 Å². The Morgan fingerprint density at radius 1 is 1.08 bits per heavy atom. The summed E-state index contributed by atoms with van der Waals surface area (Å²) in [6.07, 6.45) is -0.288. The number of hydrogen-bond donors (Lipinski definition) is 1. The molecule has 7 heteroatoms. The first kappa shape index (κ1) is 17.8. The topological polar surface area (TPSA) is 81.7 Å². The summed E-state index contributed by atoms with van der Waals surface area (Å²) in [5, 5.41) is 0. The summed E-state index contributed by atoms with van der Waals surface area (Å²) < 4.78 is 37.8. The average molecular weight is 349 g/mol. The average Bonchev–Trinajstić information content (AvgIpc) is 2.54. The highest BCUT2D eigenvalue weighted by Crippen LogP contribution is 2.26. The van der Waals surface area contributed by atoms with Crippen LogP contribution in [0.4, 0.5) is 5.69 Å². The van der Waals surface area contributed by atoms with E-state index >= 15 is 0 Å². The molecule has 0 spiro atoms. The Morgan fingerprint density at radius 2 is 1.79 bits per heavy atom. The van der Waals surface area contributed by atoms with Gasteiger partial charge in [0.25, 0.3) is 10.0 Å². The molecule has 0 unspecified atom stereocenters. The number of ether oxygens (including phenoxy) is 2. The number of para-hydroxylation sites is 2. The summed E-state index contributed by atoms with van der Waals surface area (Å²) in [6, 6.07) is 12.4. The molecule has 0 aliphatic carbocycles. The summed E-state index contributed by atoms with van der Waals surface area (Å²) in [6.45, 7) is 3.45. The molecule has 128 valence electrons. The molecule has 2 aromatic carbocycles. The molecule has 24 heavy (non-hydrogen) atoms. The van der Waals surface area contributed by atoms with E-state index < -0.39 is 16.0 Å². The van der Waals surface area contributed by atoms with Gasteiger partial charge in [0.2, 0.25) is 0 Å². The SMILES string of the molecule is COc1ccccc1NS(=O)(=O)c1cccc(C(=O)OC(C)C)c1. The number of rotatable bonds is 6. The molecule has 0 aliphatic rings. The maximum atomic E-state index is 12.5. The first-order chi connectivity index (χ1) is 11.3. The third kappa shape index (κ3) is 4.26. The minimum atomic E-state index is -3.87. The maximum Gasteiger partial charge on any atom is 0.338 e. The molecule has 0 aliphatic heterocycles. The highest BCUT2D eigenvalue weighted by Gasteiger charge is 2.19. The van der Waals surface area contributed by atoms with Crippen molar-refractivity contribution in [3.05, 3.63) is 54.1 Å². The molecular formula is C17H19NO5S. The van der Waals surface area contributed by atoms with Crippen LogP contribution in [0.1, 0.15) is 24.2 Å². The first-order valence-electron chi connectivity index (χ1n) is 7.30. The van der Waals surface area contributed by atoms with Gasteiger partial charge in [-0.1, -0.05) is 18.2 Å². The van der Waals surface area contributed by atoms with Gasteiger partial charge in [-0.3, -0.25) is 4.72 Å². The summed E-state index contributed by atoms with van der Waals surface area (Å²) in [5.41, 5.74) is 0.488. The van der Waals surface area contributed by atoms with E-state index in [4.69, 9.17) is 9.47 Å². The summed E-state index contributed by atoms with van der Waals surface area (Å²) in [4.78, 5) is 11.9. The number of carbonyl (C=O) groups excluding carboxylic acids is 1. The smallest absolute Gasteiger partial charge is 0.338 e. The van der Waals surface area contributed by atoms with E-state index in [1.165, 1.54) is 31.4 Å². The highest BCUT2D eigenvalue weighted by molar-refractivity contribution is 7.92. The molecule has 0 bridgehead atoms. The largest absolute Gasteiger partial charge is 0.495 e. The van der Waals surface area contributed by atoms with Crippen molar-refractivity contribution in [3.8, 4) is 5.75 Å². The van der Waals surface area contributed by atoms with Crippen LogP contribution in [0.25, 0.3) is 0 Å². The monoisotopic (exact) mass is 349 g/mol. The Kier molecular flexibility index (Phi) is 5.46. The third-order valence-electron chi connectivity index (χ3n) is 3.07. The third-order valence-corrected chi connectivity index (χ3v) is 4.44. The molecule has 0 heterocycles. The van der Waals surface area contributed by atoms with Crippen LogP contribution in [0, 0.1) is 0 Å². The molecule has 2 aromatic rings. The summed E-state index contributed by atoms with van der Waals surface area (Å²) in [5.74, 6) is -0.171. The van der Waals surface area contributed by atoms with Crippen molar-refractivity contribution in [3.63, 3.8) is 0 Å². The minimum absolute atomic E-state index is 0.0355. The summed E-state index contributed by atoms with van der Waals surface area (Å²) >= 11 is 0. The molecule has 0 saturated heterocycles. The fourth-order valence-corrected chi connectivity index (χ4v) is 3.12. The van der Waals surface area contributed by atoms with E-state index in [9.17, 15) is 13.2 Å². The molecular weight excluding hydrogens is 330 g/mol. The zero-order chi connectivity index (χ0) is 17.7. The van der Waals surface area contributed by atoms with E-state index in [1.807, 2.05) is 0 Å². The fraction of sp³-hybridized carbons (Fsp3) is 0.235. The Morgan fingerprint density at radius 3 is 2.46 bits per heavy atom. The van der Waals surface area contributed by atoms with Gasteiger partial charge >= 0.3 is 5.97 Å². The van der Waals surface area contributed by atoms with Gasteiger partial charge in [-0.2, -0.15) is 0 Å². The lowest BCUT2D eigenvalue weighted by Gasteiger charge is -2.12. The van der Waals surface area contributed by atoms with Crippen LogP contribution in [0.2, 0.25) is 0 Å². The van der Waals surface area contributed by atoms with Gasteiger partial charge in [0.1, 0.15) is 5.75 Å². The van der Waals surface area contributed by atoms with Crippen LogP contribution >= 0.6 is 0 Å². The molecule has 0 aromatic heterocycles. The second kappa shape index (κ2) is 7.35. The number of carbonyl (C=O) groups is 1. The van der Waals surface area contributed by atoms with Crippen molar-refractivity contribution in [1.29, 1.82) is 0 Å². The van der Waals surface area contributed by atoms with Crippen molar-refractivity contribution >= 4 is 21.7 Å². The zero-order valence-corrected chi connectivity index (χ0v) is 14.5. The number of benzene rings is 2. The predicted octanol–water partition coefficient (Wildman–Crippen LogP) is 3.06. The van der Waals surface area contributed by atoms with Gasteiger partial charge < -0.3 is 9.47 Å². The molecule has 0 saturated carbocycles.